The number of hydrogen-bond donors (Lipinski definition) is 0. The Morgan fingerprint density at radius 2 is 1.55 bits per heavy atom. The van der Waals surface area contributed by atoms with Crippen molar-refractivity contribution in [3.8, 4) is 0 Å². The second kappa shape index (κ2) is 13.7. The molecule has 3 aromatic rings. The van der Waals surface area contributed by atoms with Gasteiger partial charge in [-0.1, -0.05) is 97.0 Å². The van der Waals surface area contributed by atoms with Gasteiger partial charge < -0.3 is 14.4 Å². The van der Waals surface area contributed by atoms with Crippen LogP contribution in [0, 0.1) is 0 Å². The fourth-order valence-electron chi connectivity index (χ4n) is 7.00. The van der Waals surface area contributed by atoms with E-state index in [9.17, 15) is 14.4 Å². The number of likely N-dealkylation sites (N-methyl/N-ethyl adjacent to an activating group) is 1. The largest absolute Gasteiger partial charge is 0.463 e. The van der Waals surface area contributed by atoms with Crippen LogP contribution in [0.25, 0.3) is 5.57 Å². The Labute approximate surface area is 290 Å². The van der Waals surface area contributed by atoms with Crippen LogP contribution in [0.4, 0.5) is 0 Å². The van der Waals surface area contributed by atoms with Crippen LogP contribution in [0.2, 0.25) is 0 Å². The van der Waals surface area contributed by atoms with Crippen LogP contribution >= 0.6 is 27.7 Å². The van der Waals surface area contributed by atoms with Gasteiger partial charge in [0.1, 0.15) is 11.2 Å². The number of halogens is 1. The van der Waals surface area contributed by atoms with Crippen molar-refractivity contribution >= 4 is 51.0 Å². The Balaban J connectivity index is 1.84. The normalized spacial score (nSPS) is 25.2. The molecule has 244 valence electrons. The minimum Gasteiger partial charge on any atom is -0.463 e. The number of carbonyl (C=O) groups excluding carboxylic acids is 3. The predicted molar refractivity (Wildman–Crippen MR) is 192 cm³/mol. The molecule has 0 aromatic heterocycles. The topological polar surface area (TPSA) is 72.9 Å². The molecular weight excluding hydrogens is 674 g/mol. The number of hydrogen-bond acceptors (Lipinski definition) is 7. The summed E-state index contributed by atoms with van der Waals surface area (Å²) in [5.74, 6) is -0.782. The molecule has 0 bridgehead atoms. The number of carbonyl (C=O) groups is 3. The molecule has 0 amide bonds. The molecule has 3 atom stereocenters. The van der Waals surface area contributed by atoms with Gasteiger partial charge in [0.2, 0.25) is 0 Å². The van der Waals surface area contributed by atoms with Crippen molar-refractivity contribution < 1.29 is 23.9 Å². The van der Waals surface area contributed by atoms with Gasteiger partial charge in [-0.3, -0.25) is 9.59 Å². The summed E-state index contributed by atoms with van der Waals surface area (Å²) in [6.07, 6.45) is 2.38. The lowest BCUT2D eigenvalue weighted by atomic mass is 9.70. The van der Waals surface area contributed by atoms with Crippen molar-refractivity contribution in [1.29, 1.82) is 0 Å². The van der Waals surface area contributed by atoms with Gasteiger partial charge in [0.15, 0.2) is 10.7 Å². The monoisotopic (exact) mass is 713 g/mol. The third-order valence-corrected chi connectivity index (χ3v) is 11.8. The third kappa shape index (κ3) is 5.49. The first-order valence-electron chi connectivity index (χ1n) is 16.0. The Kier molecular flexibility index (Phi) is 10.0. The van der Waals surface area contributed by atoms with Crippen LogP contribution in [0.1, 0.15) is 68.9 Å². The van der Waals surface area contributed by atoms with Gasteiger partial charge >= 0.3 is 11.9 Å². The number of thioether (sulfide) groups is 1. The van der Waals surface area contributed by atoms with Crippen molar-refractivity contribution in [3.63, 3.8) is 0 Å². The maximum Gasteiger partial charge on any atom is 0.335 e. The summed E-state index contributed by atoms with van der Waals surface area (Å²) in [5, 5.41) is 0. The molecule has 3 aromatic carbocycles. The maximum atomic E-state index is 14.6. The van der Waals surface area contributed by atoms with Gasteiger partial charge in [0.25, 0.3) is 0 Å². The first kappa shape index (κ1) is 34.5. The van der Waals surface area contributed by atoms with E-state index in [1.54, 1.807) is 31.2 Å². The highest BCUT2D eigenvalue weighted by molar-refractivity contribution is 9.10. The standard InChI is InChI=1S/C39H40BrNO5S/c1-7-31(27-17-13-11-14-18-27)34-39(38(8-2,36(44)46-34)29-19-15-12-16-20-29)41(9-3)26(5)37(6,47-39)32(35(43)45-10-4)25-33(42)28-21-23-30(40)24-22-28/h11-25H,5,7-10H2,1-4,6H3/b32-25+,34-31-/t37-,38+,39+/m1/s1. The van der Waals surface area contributed by atoms with E-state index in [4.69, 9.17) is 9.47 Å². The smallest absolute Gasteiger partial charge is 0.335 e. The van der Waals surface area contributed by atoms with Crippen molar-refractivity contribution in [2.45, 2.75) is 62.5 Å². The Hall–Kier alpha value is -3.88. The number of nitrogens with zero attached hydrogens (tertiary/aromatic N) is 1. The predicted octanol–water partition coefficient (Wildman–Crippen LogP) is 8.88. The molecule has 0 radical (unpaired) electrons. The molecule has 0 N–H and O–H groups in total. The molecule has 0 aliphatic carbocycles. The lowest BCUT2D eigenvalue weighted by Crippen LogP contribution is -2.57. The molecule has 1 spiro atoms. The first-order chi connectivity index (χ1) is 22.5. The average Bonchev–Trinajstić information content (AvgIpc) is 3.46. The summed E-state index contributed by atoms with van der Waals surface area (Å²) in [6, 6.07) is 26.6. The molecule has 0 saturated carbocycles. The third-order valence-electron chi connectivity index (χ3n) is 9.31. The summed E-state index contributed by atoms with van der Waals surface area (Å²) in [6.45, 7) is 14.9. The van der Waals surface area contributed by atoms with Gasteiger partial charge in [-0.15, -0.1) is 11.8 Å². The molecular formula is C39H40BrNO5S. The Morgan fingerprint density at radius 3 is 2.11 bits per heavy atom. The number of allylic oxidation sites excluding steroid dienone is 2. The minimum atomic E-state index is -1.18. The highest BCUT2D eigenvalue weighted by Gasteiger charge is 2.75. The van der Waals surface area contributed by atoms with Crippen LogP contribution in [0.3, 0.4) is 0 Å². The van der Waals surface area contributed by atoms with E-state index in [1.165, 1.54) is 17.8 Å². The van der Waals surface area contributed by atoms with Gasteiger partial charge in [-0.25, -0.2) is 4.79 Å². The zero-order valence-corrected chi connectivity index (χ0v) is 29.9. The van der Waals surface area contributed by atoms with E-state index >= 15 is 0 Å². The van der Waals surface area contributed by atoms with Gasteiger partial charge in [0, 0.05) is 27.9 Å². The fourth-order valence-corrected chi connectivity index (χ4v) is 9.47. The SMILES string of the molecule is C=C1N(CC)[C@]2(S[C@@]1(C)/C(=C/C(=O)c1ccc(Br)cc1)C(=O)OCC)/C(=C(\CC)c1ccccc1)OC(=O)[C@]2(CC)c1ccccc1. The highest BCUT2D eigenvalue weighted by Crippen LogP contribution is 2.70. The summed E-state index contributed by atoms with van der Waals surface area (Å²) < 4.78 is 11.8. The number of cyclic esters (lactones) is 1. The van der Waals surface area contributed by atoms with Gasteiger partial charge in [0.05, 0.1) is 16.9 Å². The molecule has 2 heterocycles. The van der Waals surface area contributed by atoms with E-state index in [0.29, 0.717) is 36.4 Å². The molecule has 2 fully saturated rings. The second-order valence-corrected chi connectivity index (χ2v) is 14.2. The lowest BCUT2D eigenvalue weighted by Gasteiger charge is -2.45. The highest BCUT2D eigenvalue weighted by atomic mass is 79.9. The van der Waals surface area contributed by atoms with E-state index in [0.717, 1.165) is 21.2 Å². The summed E-state index contributed by atoms with van der Waals surface area (Å²) >= 11 is 4.86. The van der Waals surface area contributed by atoms with E-state index in [-0.39, 0.29) is 23.9 Å². The van der Waals surface area contributed by atoms with E-state index in [2.05, 4.69) is 34.3 Å². The molecule has 8 heteroatoms. The summed E-state index contributed by atoms with van der Waals surface area (Å²) in [7, 11) is 0. The van der Waals surface area contributed by atoms with Crippen LogP contribution in [0.5, 0.6) is 0 Å². The van der Waals surface area contributed by atoms with E-state index in [1.807, 2.05) is 81.4 Å². The zero-order chi connectivity index (χ0) is 34.0. The van der Waals surface area contributed by atoms with Crippen LogP contribution in [-0.4, -0.2) is 45.4 Å². The van der Waals surface area contributed by atoms with Gasteiger partial charge in [-0.2, -0.15) is 0 Å². The number of benzene rings is 3. The summed E-state index contributed by atoms with van der Waals surface area (Å²) in [4.78, 5) is 43.3. The molecule has 6 nitrogen and oxygen atoms in total. The van der Waals surface area contributed by atoms with Crippen LogP contribution in [0.15, 0.2) is 119 Å². The van der Waals surface area contributed by atoms with Gasteiger partial charge in [-0.05, 0) is 75.1 Å². The number of ether oxygens (including phenoxy) is 2. The second-order valence-electron chi connectivity index (χ2n) is 11.7. The minimum absolute atomic E-state index is 0.127. The maximum absolute atomic E-state index is 14.6. The molecule has 0 unspecified atom stereocenters. The molecule has 2 saturated heterocycles. The van der Waals surface area contributed by atoms with Crippen molar-refractivity contribution in [2.24, 2.45) is 0 Å². The van der Waals surface area contributed by atoms with E-state index < -0.39 is 21.0 Å². The fraction of sp³-hybridized carbons (Fsp3) is 0.308. The lowest BCUT2D eigenvalue weighted by molar-refractivity contribution is -0.141. The number of esters is 2. The van der Waals surface area contributed by atoms with Crippen LogP contribution < -0.4 is 0 Å². The Morgan fingerprint density at radius 1 is 0.936 bits per heavy atom. The average molecular weight is 715 g/mol. The molecule has 47 heavy (non-hydrogen) atoms. The van der Waals surface area contributed by atoms with Crippen molar-refractivity contribution in [1.82, 2.24) is 4.90 Å². The quantitative estimate of drug-likeness (QED) is 0.118. The molecule has 2 aliphatic rings. The summed E-state index contributed by atoms with van der Waals surface area (Å²) in [5.41, 5.74) is 2.63. The van der Waals surface area contributed by atoms with Crippen molar-refractivity contribution in [2.75, 3.05) is 13.2 Å². The molecule has 2 aliphatic heterocycles. The molecule has 5 rings (SSSR count). The first-order valence-corrected chi connectivity index (χ1v) is 17.6. The van der Waals surface area contributed by atoms with Crippen molar-refractivity contribution in [3.05, 3.63) is 136 Å². The number of ketones is 1. The zero-order valence-electron chi connectivity index (χ0n) is 27.5. The number of rotatable bonds is 10. The van der Waals surface area contributed by atoms with Crippen LogP contribution in [-0.2, 0) is 24.5 Å². The Bertz CT molecular complexity index is 1750.